The summed E-state index contributed by atoms with van der Waals surface area (Å²) >= 11 is 0. The Morgan fingerprint density at radius 1 is 0.571 bits per heavy atom. The van der Waals surface area contributed by atoms with Crippen molar-refractivity contribution in [1.29, 1.82) is 0 Å². The average molecular weight is 806 g/mol. The third-order valence-corrected chi connectivity index (χ3v) is 9.08. The van der Waals surface area contributed by atoms with Gasteiger partial charge in [0, 0.05) is 12.8 Å². The normalized spacial score (nSPS) is 14.6. The summed E-state index contributed by atoms with van der Waals surface area (Å²) in [5.41, 5.74) is 5.32. The predicted molar refractivity (Wildman–Crippen MR) is 226 cm³/mol. The Hall–Kier alpha value is -3.34. The van der Waals surface area contributed by atoms with Crippen molar-refractivity contribution in [1.82, 2.24) is 0 Å². The standard InChI is InChI=1S/C44H72NO10P/c1-3-5-7-9-11-13-15-17-19-20-22-23-25-27-29-31-33-35-42(46)52-37-40(38-53-56(50,51)54-39-41(45)44(48)49)55-43(47)36-34-32-30-28-26-24-21-18-16-14-12-10-8-6-4-2/h6,8,11-14,17-19,21-23,27,29,40-41H,3-5,7,9-10,15-16,20,24-26,28,30-39,45H2,1-2H3,(H,48,49)(H,50,51)/b8-6-,13-11-,14-12-,19-17-,21-18-,23-22-,29-27-/t40-,41+/m1/s1. The number of carbonyl (C=O) groups excluding carboxylic acids is 2. The summed E-state index contributed by atoms with van der Waals surface area (Å²) in [5.74, 6) is -2.49. The van der Waals surface area contributed by atoms with Crippen molar-refractivity contribution in [2.24, 2.45) is 5.73 Å². The summed E-state index contributed by atoms with van der Waals surface area (Å²) in [6.07, 6.45) is 46.5. The van der Waals surface area contributed by atoms with Crippen molar-refractivity contribution in [3.63, 3.8) is 0 Å². The number of phosphoric acid groups is 1. The maximum atomic E-state index is 12.6. The molecule has 0 spiro atoms. The monoisotopic (exact) mass is 805 g/mol. The molecule has 4 N–H and O–H groups in total. The van der Waals surface area contributed by atoms with Gasteiger partial charge in [0.1, 0.15) is 12.6 Å². The molecule has 3 atom stereocenters. The van der Waals surface area contributed by atoms with Crippen LogP contribution in [-0.2, 0) is 37.5 Å². The molecule has 0 aromatic heterocycles. The number of allylic oxidation sites excluding steroid dienone is 14. The molecule has 0 aliphatic rings. The van der Waals surface area contributed by atoms with Crippen LogP contribution in [0.1, 0.15) is 142 Å². The molecule has 0 saturated heterocycles. The molecule has 0 saturated carbocycles. The highest BCUT2D eigenvalue weighted by molar-refractivity contribution is 7.47. The third-order valence-electron chi connectivity index (χ3n) is 8.13. The molecule has 56 heavy (non-hydrogen) atoms. The van der Waals surface area contributed by atoms with Crippen LogP contribution < -0.4 is 5.73 Å². The lowest BCUT2D eigenvalue weighted by atomic mass is 10.1. The van der Waals surface area contributed by atoms with Gasteiger partial charge in [-0.15, -0.1) is 0 Å². The van der Waals surface area contributed by atoms with E-state index in [2.05, 4.69) is 91.3 Å². The lowest BCUT2D eigenvalue weighted by Gasteiger charge is -2.20. The average Bonchev–Trinajstić information content (AvgIpc) is 3.17. The van der Waals surface area contributed by atoms with E-state index in [1.165, 1.54) is 19.3 Å². The quantitative estimate of drug-likeness (QED) is 0.0236. The minimum absolute atomic E-state index is 0.125. The second-order valence-corrected chi connectivity index (χ2v) is 14.8. The number of aliphatic carboxylic acids is 1. The summed E-state index contributed by atoms with van der Waals surface area (Å²) in [6.45, 7) is 2.56. The summed E-state index contributed by atoms with van der Waals surface area (Å²) in [5, 5.41) is 8.88. The molecule has 0 aliphatic carbocycles. The van der Waals surface area contributed by atoms with E-state index in [4.69, 9.17) is 24.8 Å². The van der Waals surface area contributed by atoms with E-state index >= 15 is 0 Å². The van der Waals surface area contributed by atoms with Gasteiger partial charge in [-0.3, -0.25) is 23.4 Å². The van der Waals surface area contributed by atoms with Gasteiger partial charge in [-0.25, -0.2) is 4.57 Å². The maximum absolute atomic E-state index is 12.6. The highest BCUT2D eigenvalue weighted by Gasteiger charge is 2.28. The number of phosphoric ester groups is 1. The van der Waals surface area contributed by atoms with Crippen molar-refractivity contribution in [3.05, 3.63) is 85.1 Å². The Labute approximate surface area is 337 Å². The van der Waals surface area contributed by atoms with E-state index in [0.717, 1.165) is 77.0 Å². The molecular weight excluding hydrogens is 733 g/mol. The Bertz CT molecular complexity index is 1270. The Kier molecular flexibility index (Phi) is 36.2. The number of unbranched alkanes of at least 4 members (excludes halogenated alkanes) is 9. The molecule has 1 unspecified atom stereocenters. The highest BCUT2D eigenvalue weighted by atomic mass is 31.2. The van der Waals surface area contributed by atoms with Gasteiger partial charge in [0.15, 0.2) is 6.10 Å². The van der Waals surface area contributed by atoms with Crippen molar-refractivity contribution in [2.45, 2.75) is 154 Å². The van der Waals surface area contributed by atoms with Crippen LogP contribution in [0.3, 0.4) is 0 Å². The molecule has 11 nitrogen and oxygen atoms in total. The zero-order chi connectivity index (χ0) is 41.4. The van der Waals surface area contributed by atoms with E-state index < -0.39 is 51.1 Å². The van der Waals surface area contributed by atoms with Crippen LogP contribution in [0.5, 0.6) is 0 Å². The van der Waals surface area contributed by atoms with Crippen LogP contribution in [0.15, 0.2) is 85.1 Å². The summed E-state index contributed by atoms with van der Waals surface area (Å²) in [6, 6.07) is -1.54. The maximum Gasteiger partial charge on any atom is 0.472 e. The highest BCUT2D eigenvalue weighted by Crippen LogP contribution is 2.43. The van der Waals surface area contributed by atoms with E-state index in [1.807, 2.05) is 12.2 Å². The van der Waals surface area contributed by atoms with Gasteiger partial charge in [0.25, 0.3) is 0 Å². The lowest BCUT2D eigenvalue weighted by molar-refractivity contribution is -0.161. The second-order valence-electron chi connectivity index (χ2n) is 13.4. The van der Waals surface area contributed by atoms with E-state index in [1.54, 1.807) is 0 Å². The van der Waals surface area contributed by atoms with Gasteiger partial charge in [0.2, 0.25) is 0 Å². The molecular formula is C44H72NO10P. The van der Waals surface area contributed by atoms with Crippen LogP contribution in [0.2, 0.25) is 0 Å². The topological polar surface area (TPSA) is 172 Å². The summed E-state index contributed by atoms with van der Waals surface area (Å²) < 4.78 is 32.6. The molecule has 12 heteroatoms. The first-order valence-electron chi connectivity index (χ1n) is 20.6. The number of carboxylic acids is 1. The molecule has 0 rings (SSSR count). The van der Waals surface area contributed by atoms with Gasteiger partial charge < -0.3 is 25.2 Å². The predicted octanol–water partition coefficient (Wildman–Crippen LogP) is 10.7. The minimum Gasteiger partial charge on any atom is -0.480 e. The lowest BCUT2D eigenvalue weighted by Crippen LogP contribution is -2.34. The number of nitrogens with two attached hydrogens (primary N) is 1. The Morgan fingerprint density at radius 2 is 1.02 bits per heavy atom. The minimum atomic E-state index is -4.74. The Morgan fingerprint density at radius 3 is 1.55 bits per heavy atom. The van der Waals surface area contributed by atoms with Gasteiger partial charge >= 0.3 is 25.7 Å². The molecule has 0 aliphatic heterocycles. The second kappa shape index (κ2) is 38.5. The molecule has 0 heterocycles. The van der Waals surface area contributed by atoms with Crippen LogP contribution in [0, 0.1) is 0 Å². The summed E-state index contributed by atoms with van der Waals surface area (Å²) in [4.78, 5) is 45.9. The van der Waals surface area contributed by atoms with E-state index in [-0.39, 0.29) is 19.4 Å². The smallest absolute Gasteiger partial charge is 0.472 e. The van der Waals surface area contributed by atoms with E-state index in [9.17, 15) is 23.8 Å². The first kappa shape index (κ1) is 52.7. The zero-order valence-corrected chi connectivity index (χ0v) is 35.1. The van der Waals surface area contributed by atoms with E-state index in [0.29, 0.717) is 19.3 Å². The van der Waals surface area contributed by atoms with Crippen molar-refractivity contribution in [3.8, 4) is 0 Å². The van der Waals surface area contributed by atoms with Gasteiger partial charge in [-0.2, -0.15) is 0 Å². The fraction of sp³-hybridized carbons (Fsp3) is 0.614. The zero-order valence-electron chi connectivity index (χ0n) is 34.2. The third kappa shape index (κ3) is 37.6. The fourth-order valence-corrected chi connectivity index (χ4v) is 5.67. The first-order valence-corrected chi connectivity index (χ1v) is 22.1. The number of carboxylic acid groups (broad SMARTS) is 1. The largest absolute Gasteiger partial charge is 0.480 e. The van der Waals surface area contributed by atoms with Gasteiger partial charge in [-0.05, 0) is 83.5 Å². The van der Waals surface area contributed by atoms with Crippen molar-refractivity contribution < 1.29 is 47.5 Å². The van der Waals surface area contributed by atoms with Crippen LogP contribution in [-0.4, -0.2) is 59.9 Å². The summed E-state index contributed by atoms with van der Waals surface area (Å²) in [7, 11) is -4.74. The van der Waals surface area contributed by atoms with Crippen LogP contribution in [0.4, 0.5) is 0 Å². The van der Waals surface area contributed by atoms with Crippen LogP contribution >= 0.6 is 7.82 Å². The number of rotatable bonds is 37. The molecule has 318 valence electrons. The van der Waals surface area contributed by atoms with Crippen LogP contribution in [0.25, 0.3) is 0 Å². The SMILES string of the molecule is CC/C=C\C/C=C\C/C=C\CCCCCCCC(=O)O[C@H](COC(=O)CCC/C=C\C/C=C\C/C=C\C/C=C\CCCCC)COP(=O)(O)OC[C@H](N)C(=O)O. The number of hydrogen-bond acceptors (Lipinski definition) is 9. The van der Waals surface area contributed by atoms with Crippen molar-refractivity contribution >= 4 is 25.7 Å². The first-order chi connectivity index (χ1) is 27.1. The number of ether oxygens (including phenoxy) is 2. The van der Waals surface area contributed by atoms with Crippen molar-refractivity contribution in [2.75, 3.05) is 19.8 Å². The molecule has 0 bridgehead atoms. The molecule has 0 aromatic rings. The van der Waals surface area contributed by atoms with Gasteiger partial charge in [-0.1, -0.05) is 131 Å². The molecule has 0 radical (unpaired) electrons. The molecule has 0 aromatic carbocycles. The molecule has 0 amide bonds. The fourth-order valence-electron chi connectivity index (χ4n) is 4.89. The Balaban J connectivity index is 4.54. The molecule has 0 fully saturated rings. The number of esters is 2. The number of hydrogen-bond donors (Lipinski definition) is 3. The number of carbonyl (C=O) groups is 3. The van der Waals surface area contributed by atoms with Gasteiger partial charge in [0.05, 0.1) is 13.2 Å².